The molecule has 26 heavy (non-hydrogen) atoms. The topological polar surface area (TPSA) is 36.4 Å². The van der Waals surface area contributed by atoms with Crippen LogP contribution in [0.1, 0.15) is 27.9 Å². The van der Waals surface area contributed by atoms with Crippen LogP contribution in [0.25, 0.3) is 0 Å². The van der Waals surface area contributed by atoms with Gasteiger partial charge in [0.1, 0.15) is 5.82 Å². The number of aryl methyl sites for hydroxylation is 1. The van der Waals surface area contributed by atoms with Crippen molar-refractivity contribution in [1.29, 1.82) is 0 Å². The largest absolute Gasteiger partial charge is 0.417 e. The summed E-state index contributed by atoms with van der Waals surface area (Å²) < 4.78 is 38.0. The predicted molar refractivity (Wildman–Crippen MR) is 93.2 cm³/mol. The molecule has 1 fully saturated rings. The van der Waals surface area contributed by atoms with E-state index in [9.17, 15) is 18.0 Å². The lowest BCUT2D eigenvalue weighted by Gasteiger charge is -2.23. The summed E-state index contributed by atoms with van der Waals surface area (Å²) in [5.41, 5.74) is 0.930. The van der Waals surface area contributed by atoms with Gasteiger partial charge in [-0.3, -0.25) is 4.79 Å². The monoisotopic (exact) mass is 363 g/mol. The van der Waals surface area contributed by atoms with Crippen molar-refractivity contribution in [2.75, 3.05) is 31.1 Å². The van der Waals surface area contributed by atoms with Crippen molar-refractivity contribution in [2.45, 2.75) is 19.5 Å². The van der Waals surface area contributed by atoms with E-state index in [1.165, 1.54) is 6.07 Å². The molecule has 7 heteroatoms. The first-order valence-electron chi connectivity index (χ1n) is 8.49. The summed E-state index contributed by atoms with van der Waals surface area (Å²) in [6, 6.07) is 9.90. The van der Waals surface area contributed by atoms with Gasteiger partial charge >= 0.3 is 6.18 Å². The molecule has 1 aliphatic rings. The maximum absolute atomic E-state index is 12.7. The fraction of sp³-hybridized carbons (Fsp3) is 0.368. The van der Waals surface area contributed by atoms with E-state index in [1.807, 2.05) is 30.0 Å². The normalized spacial score (nSPS) is 15.7. The van der Waals surface area contributed by atoms with E-state index in [0.29, 0.717) is 37.6 Å². The first-order valence-corrected chi connectivity index (χ1v) is 8.49. The lowest BCUT2D eigenvalue weighted by Crippen LogP contribution is -2.35. The molecule has 0 aliphatic carbocycles. The van der Waals surface area contributed by atoms with Crippen LogP contribution in [0.15, 0.2) is 42.6 Å². The molecule has 0 unspecified atom stereocenters. The summed E-state index contributed by atoms with van der Waals surface area (Å²) in [6.07, 6.45) is -2.79. The summed E-state index contributed by atoms with van der Waals surface area (Å²) in [6.45, 7) is 4.25. The van der Waals surface area contributed by atoms with Gasteiger partial charge in [0, 0.05) is 37.9 Å². The van der Waals surface area contributed by atoms with E-state index >= 15 is 0 Å². The van der Waals surface area contributed by atoms with Crippen molar-refractivity contribution in [3.05, 3.63) is 59.3 Å². The number of carbonyl (C=O) groups is 1. The Labute approximate surface area is 150 Å². The Bertz CT molecular complexity index is 774. The van der Waals surface area contributed by atoms with Crippen LogP contribution >= 0.6 is 0 Å². The van der Waals surface area contributed by atoms with E-state index in [2.05, 4.69) is 4.98 Å². The highest BCUT2D eigenvalue weighted by atomic mass is 19.4. The van der Waals surface area contributed by atoms with Crippen molar-refractivity contribution in [2.24, 2.45) is 0 Å². The molecule has 0 radical (unpaired) electrons. The van der Waals surface area contributed by atoms with Crippen molar-refractivity contribution < 1.29 is 18.0 Å². The molecule has 3 rings (SSSR count). The number of hydrogen-bond donors (Lipinski definition) is 0. The number of nitrogens with zero attached hydrogens (tertiary/aromatic N) is 3. The number of rotatable bonds is 2. The van der Waals surface area contributed by atoms with Crippen LogP contribution in [0.2, 0.25) is 0 Å². The minimum absolute atomic E-state index is 0.0177. The van der Waals surface area contributed by atoms with E-state index in [-0.39, 0.29) is 5.91 Å². The zero-order chi connectivity index (χ0) is 18.7. The first kappa shape index (κ1) is 18.2. The molecular formula is C19H20F3N3O. The summed E-state index contributed by atoms with van der Waals surface area (Å²) in [5.74, 6) is 0.485. The van der Waals surface area contributed by atoms with Gasteiger partial charge in [-0.05, 0) is 37.6 Å². The van der Waals surface area contributed by atoms with E-state index in [4.69, 9.17) is 0 Å². The Hall–Kier alpha value is -2.57. The van der Waals surface area contributed by atoms with Gasteiger partial charge < -0.3 is 9.80 Å². The molecule has 0 saturated carbocycles. The number of benzene rings is 1. The van der Waals surface area contributed by atoms with Gasteiger partial charge in [-0.1, -0.05) is 17.7 Å². The van der Waals surface area contributed by atoms with Crippen LogP contribution in [-0.2, 0) is 6.18 Å². The second-order valence-electron chi connectivity index (χ2n) is 6.41. The van der Waals surface area contributed by atoms with Crippen LogP contribution in [0.5, 0.6) is 0 Å². The minimum atomic E-state index is -4.39. The van der Waals surface area contributed by atoms with Gasteiger partial charge in [0.2, 0.25) is 0 Å². The number of anilines is 1. The van der Waals surface area contributed by atoms with Crippen molar-refractivity contribution in [3.8, 4) is 0 Å². The highest BCUT2D eigenvalue weighted by molar-refractivity contribution is 5.94. The van der Waals surface area contributed by atoms with Crippen LogP contribution in [-0.4, -0.2) is 42.0 Å². The first-order chi connectivity index (χ1) is 12.3. The Morgan fingerprint density at radius 3 is 2.54 bits per heavy atom. The Morgan fingerprint density at radius 2 is 1.88 bits per heavy atom. The number of hydrogen-bond acceptors (Lipinski definition) is 3. The second-order valence-corrected chi connectivity index (χ2v) is 6.41. The minimum Gasteiger partial charge on any atom is -0.355 e. The number of alkyl halides is 3. The van der Waals surface area contributed by atoms with Crippen LogP contribution < -0.4 is 4.90 Å². The third kappa shape index (κ3) is 4.15. The maximum Gasteiger partial charge on any atom is 0.417 e. The molecule has 1 amide bonds. The number of carbonyl (C=O) groups excluding carboxylic acids is 1. The summed E-state index contributed by atoms with van der Waals surface area (Å²) in [5, 5.41) is 0. The average Bonchev–Trinajstić information content (AvgIpc) is 2.86. The van der Waals surface area contributed by atoms with Crippen LogP contribution in [0.3, 0.4) is 0 Å². The molecule has 4 nitrogen and oxygen atoms in total. The molecular weight excluding hydrogens is 343 g/mol. The number of halogens is 3. The maximum atomic E-state index is 12.7. The third-order valence-electron chi connectivity index (χ3n) is 4.45. The molecule has 2 heterocycles. The number of pyridine rings is 1. The molecule has 138 valence electrons. The molecule has 1 aliphatic heterocycles. The summed E-state index contributed by atoms with van der Waals surface area (Å²) in [4.78, 5) is 20.3. The smallest absolute Gasteiger partial charge is 0.355 e. The fourth-order valence-electron chi connectivity index (χ4n) is 3.05. The molecule has 0 N–H and O–H groups in total. The second kappa shape index (κ2) is 7.35. The Balaban J connectivity index is 1.67. The zero-order valence-electron chi connectivity index (χ0n) is 14.5. The zero-order valence-corrected chi connectivity index (χ0v) is 14.5. The van der Waals surface area contributed by atoms with Gasteiger partial charge in [0.15, 0.2) is 0 Å². The molecule has 0 spiro atoms. The standard InChI is InChI=1S/C19H20F3N3O/c1-14-4-2-5-15(12-14)18(26)25-9-3-8-24(10-11-25)17-7-6-16(13-23-17)19(20,21)22/h2,4-7,12-13H,3,8-11H2,1H3. The Morgan fingerprint density at radius 1 is 1.08 bits per heavy atom. The SMILES string of the molecule is Cc1cccc(C(=O)N2CCCN(c3ccc(C(F)(F)F)cn3)CC2)c1. The van der Waals surface area contributed by atoms with Gasteiger partial charge in [0.05, 0.1) is 5.56 Å². The highest BCUT2D eigenvalue weighted by Crippen LogP contribution is 2.29. The molecule has 0 bridgehead atoms. The number of amides is 1. The molecule has 1 aromatic carbocycles. The van der Waals surface area contributed by atoms with Crippen LogP contribution in [0, 0.1) is 6.92 Å². The lowest BCUT2D eigenvalue weighted by atomic mass is 10.1. The van der Waals surface area contributed by atoms with Gasteiger partial charge in [-0.2, -0.15) is 13.2 Å². The fourth-order valence-corrected chi connectivity index (χ4v) is 3.05. The molecule has 2 aromatic rings. The van der Waals surface area contributed by atoms with Crippen molar-refractivity contribution >= 4 is 11.7 Å². The molecule has 1 aromatic heterocycles. The van der Waals surface area contributed by atoms with E-state index in [0.717, 1.165) is 24.2 Å². The lowest BCUT2D eigenvalue weighted by molar-refractivity contribution is -0.137. The average molecular weight is 363 g/mol. The van der Waals surface area contributed by atoms with E-state index in [1.54, 1.807) is 11.0 Å². The highest BCUT2D eigenvalue weighted by Gasteiger charge is 2.31. The third-order valence-corrected chi connectivity index (χ3v) is 4.45. The van der Waals surface area contributed by atoms with E-state index < -0.39 is 11.7 Å². The van der Waals surface area contributed by atoms with Crippen LogP contribution in [0.4, 0.5) is 19.0 Å². The predicted octanol–water partition coefficient (Wildman–Crippen LogP) is 3.76. The van der Waals surface area contributed by atoms with Gasteiger partial charge in [-0.15, -0.1) is 0 Å². The molecule has 0 atom stereocenters. The van der Waals surface area contributed by atoms with Gasteiger partial charge in [-0.25, -0.2) is 4.98 Å². The van der Waals surface area contributed by atoms with Crippen molar-refractivity contribution in [3.63, 3.8) is 0 Å². The molecule has 1 saturated heterocycles. The quantitative estimate of drug-likeness (QED) is 0.815. The summed E-state index contributed by atoms with van der Waals surface area (Å²) in [7, 11) is 0. The van der Waals surface area contributed by atoms with Gasteiger partial charge in [0.25, 0.3) is 5.91 Å². The summed E-state index contributed by atoms with van der Waals surface area (Å²) >= 11 is 0. The van der Waals surface area contributed by atoms with Crippen molar-refractivity contribution in [1.82, 2.24) is 9.88 Å². The Kier molecular flexibility index (Phi) is 5.15. The number of aromatic nitrogens is 1.